The number of hydrogen-bond acceptors (Lipinski definition) is 2. The van der Waals surface area contributed by atoms with E-state index in [9.17, 15) is 0 Å². The van der Waals surface area contributed by atoms with E-state index >= 15 is 0 Å². The van der Waals surface area contributed by atoms with Gasteiger partial charge in [0.05, 0.1) is 0 Å². The Morgan fingerprint density at radius 2 is 1.43 bits per heavy atom. The molecule has 84 valence electrons. The van der Waals surface area contributed by atoms with E-state index in [0.717, 1.165) is 12.8 Å². The predicted molar refractivity (Wildman–Crippen MR) is 58.3 cm³/mol. The fourth-order valence-electron chi connectivity index (χ4n) is 1.11. The van der Waals surface area contributed by atoms with Crippen LogP contribution in [0.15, 0.2) is 12.7 Å². The van der Waals surface area contributed by atoms with Crippen LogP contribution in [0.2, 0.25) is 0 Å². The second kappa shape index (κ2) is 18.1. The monoisotopic (exact) mass is 202 g/mol. The van der Waals surface area contributed by atoms with E-state index in [2.05, 4.69) is 6.58 Å². The van der Waals surface area contributed by atoms with Crippen molar-refractivity contribution in [1.29, 1.82) is 0 Å². The first-order valence-electron chi connectivity index (χ1n) is 5.13. The summed E-state index contributed by atoms with van der Waals surface area (Å²) in [7, 11) is 0. The lowest BCUT2D eigenvalue weighted by molar-refractivity contribution is -0.122. The summed E-state index contributed by atoms with van der Waals surface area (Å²) in [6.07, 6.45) is 10.5. The Bertz CT molecular complexity index is 113. The summed E-state index contributed by atoms with van der Waals surface area (Å²) >= 11 is 0. The molecule has 14 heavy (non-hydrogen) atoms. The van der Waals surface area contributed by atoms with Crippen molar-refractivity contribution in [3.8, 4) is 0 Å². The van der Waals surface area contributed by atoms with Gasteiger partial charge in [-0.2, -0.15) is 0 Å². The van der Waals surface area contributed by atoms with Crippen LogP contribution < -0.4 is 0 Å². The van der Waals surface area contributed by atoms with Gasteiger partial charge in [-0.1, -0.05) is 31.8 Å². The van der Waals surface area contributed by atoms with Gasteiger partial charge < -0.3 is 10.2 Å². The second-order valence-electron chi connectivity index (χ2n) is 3.03. The number of allylic oxidation sites excluding steroid dienone is 1. The summed E-state index contributed by atoms with van der Waals surface area (Å²) in [5, 5.41) is 15.4. The zero-order valence-corrected chi connectivity index (χ0v) is 8.82. The maximum absolute atomic E-state index is 8.49. The first kappa shape index (κ1) is 15.6. The minimum absolute atomic E-state index is 0.250. The number of rotatable bonds is 8. The molecule has 0 aromatic rings. The summed E-state index contributed by atoms with van der Waals surface area (Å²) in [5.74, 6) is 0. The van der Waals surface area contributed by atoms with Crippen molar-refractivity contribution in [2.45, 2.75) is 44.9 Å². The smallest absolute Gasteiger partial charge is 0.290 e. The van der Waals surface area contributed by atoms with Gasteiger partial charge in [0.2, 0.25) is 0 Å². The van der Waals surface area contributed by atoms with E-state index in [1.165, 1.54) is 32.1 Å². The van der Waals surface area contributed by atoms with E-state index in [1.807, 2.05) is 6.08 Å². The van der Waals surface area contributed by atoms with Crippen molar-refractivity contribution in [3.63, 3.8) is 0 Å². The average molecular weight is 202 g/mol. The highest BCUT2D eigenvalue weighted by molar-refractivity contribution is 5.32. The van der Waals surface area contributed by atoms with Gasteiger partial charge in [0.25, 0.3) is 6.47 Å². The molecule has 0 bridgehead atoms. The van der Waals surface area contributed by atoms with Gasteiger partial charge in [0.1, 0.15) is 0 Å². The fourth-order valence-corrected chi connectivity index (χ4v) is 1.11. The van der Waals surface area contributed by atoms with E-state index in [4.69, 9.17) is 15.0 Å². The lowest BCUT2D eigenvalue weighted by Gasteiger charge is -1.97. The first-order valence-corrected chi connectivity index (χ1v) is 5.13. The van der Waals surface area contributed by atoms with Crippen LogP contribution in [-0.4, -0.2) is 23.3 Å². The molecule has 0 saturated heterocycles. The first-order chi connectivity index (χ1) is 6.83. The van der Waals surface area contributed by atoms with Crippen molar-refractivity contribution in [2.24, 2.45) is 0 Å². The third-order valence-corrected chi connectivity index (χ3v) is 1.82. The highest BCUT2D eigenvalue weighted by Gasteiger charge is 1.88. The van der Waals surface area contributed by atoms with Crippen LogP contribution in [0, 0.1) is 0 Å². The number of aliphatic hydroxyl groups excluding tert-OH is 1. The normalized spacial score (nSPS) is 8.64. The molecule has 0 atom stereocenters. The Kier molecular flexibility index (Phi) is 20.2. The molecular weight excluding hydrogens is 180 g/mol. The molecule has 0 unspecified atom stereocenters. The molecular formula is C11H22O3. The highest BCUT2D eigenvalue weighted by Crippen LogP contribution is 2.06. The zero-order chi connectivity index (χ0) is 11.1. The topological polar surface area (TPSA) is 57.5 Å². The molecule has 0 aromatic carbocycles. The Balaban J connectivity index is 0. The quantitative estimate of drug-likeness (QED) is 0.361. The minimum atomic E-state index is -0.250. The Labute approximate surface area is 86.5 Å². The van der Waals surface area contributed by atoms with Crippen LogP contribution in [0.25, 0.3) is 0 Å². The molecule has 0 aromatic heterocycles. The van der Waals surface area contributed by atoms with Gasteiger partial charge in [-0.3, -0.25) is 4.79 Å². The Hall–Kier alpha value is -0.830. The van der Waals surface area contributed by atoms with E-state index in [0.29, 0.717) is 6.61 Å². The van der Waals surface area contributed by atoms with Crippen molar-refractivity contribution in [2.75, 3.05) is 6.61 Å². The second-order valence-corrected chi connectivity index (χ2v) is 3.03. The van der Waals surface area contributed by atoms with Crippen molar-refractivity contribution >= 4 is 6.47 Å². The van der Waals surface area contributed by atoms with Gasteiger partial charge in [0.15, 0.2) is 0 Å². The highest BCUT2D eigenvalue weighted by atomic mass is 16.3. The zero-order valence-electron chi connectivity index (χ0n) is 8.82. The Morgan fingerprint density at radius 3 is 1.86 bits per heavy atom. The number of hydrogen-bond donors (Lipinski definition) is 2. The van der Waals surface area contributed by atoms with Crippen molar-refractivity contribution in [1.82, 2.24) is 0 Å². The molecule has 0 radical (unpaired) electrons. The molecule has 3 heteroatoms. The average Bonchev–Trinajstić information content (AvgIpc) is 2.18. The maximum Gasteiger partial charge on any atom is 0.290 e. The summed E-state index contributed by atoms with van der Waals surface area (Å²) in [5.41, 5.74) is 0. The SMILES string of the molecule is C=CCCCCCCCCO.O=CO. The summed E-state index contributed by atoms with van der Waals surface area (Å²) in [6.45, 7) is 3.78. The standard InChI is InChI=1S/C10H20O.CH2O2/c1-2-3-4-5-6-7-8-9-10-11;2-1-3/h2,11H,1,3-10H2;1H,(H,2,3). The number of aliphatic hydroxyl groups is 1. The third kappa shape index (κ3) is 22.5. The van der Waals surface area contributed by atoms with E-state index < -0.39 is 0 Å². The molecule has 0 amide bonds. The van der Waals surface area contributed by atoms with Gasteiger partial charge in [0, 0.05) is 6.61 Å². The minimum Gasteiger partial charge on any atom is -0.483 e. The van der Waals surface area contributed by atoms with Crippen molar-refractivity contribution < 1.29 is 15.0 Å². The molecule has 2 N–H and O–H groups in total. The summed E-state index contributed by atoms with van der Waals surface area (Å²) in [4.78, 5) is 8.36. The largest absolute Gasteiger partial charge is 0.483 e. The summed E-state index contributed by atoms with van der Waals surface area (Å²) in [6, 6.07) is 0. The van der Waals surface area contributed by atoms with Crippen molar-refractivity contribution in [3.05, 3.63) is 12.7 Å². The molecule has 0 aliphatic heterocycles. The van der Waals surface area contributed by atoms with Crippen LogP contribution in [-0.2, 0) is 4.79 Å². The molecule has 0 heterocycles. The molecule has 0 rings (SSSR count). The lowest BCUT2D eigenvalue weighted by atomic mass is 10.1. The van der Waals surface area contributed by atoms with E-state index in [-0.39, 0.29) is 6.47 Å². The molecule has 0 aliphatic rings. The summed E-state index contributed by atoms with van der Waals surface area (Å²) < 4.78 is 0. The number of unbranched alkanes of at least 4 members (excludes halogenated alkanes) is 6. The number of carbonyl (C=O) groups is 1. The molecule has 0 aliphatic carbocycles. The van der Waals surface area contributed by atoms with E-state index in [1.54, 1.807) is 0 Å². The molecule has 0 saturated carbocycles. The Morgan fingerprint density at radius 1 is 1.00 bits per heavy atom. The predicted octanol–water partition coefficient (Wildman–Crippen LogP) is 2.60. The van der Waals surface area contributed by atoms with Gasteiger partial charge >= 0.3 is 0 Å². The van der Waals surface area contributed by atoms with Crippen LogP contribution in [0.1, 0.15) is 44.9 Å². The lowest BCUT2D eigenvalue weighted by Crippen LogP contribution is -1.83. The van der Waals surface area contributed by atoms with Gasteiger partial charge in [-0.15, -0.1) is 6.58 Å². The van der Waals surface area contributed by atoms with Gasteiger partial charge in [-0.25, -0.2) is 0 Å². The molecule has 0 fully saturated rings. The van der Waals surface area contributed by atoms with Crippen LogP contribution in [0.4, 0.5) is 0 Å². The molecule has 0 spiro atoms. The number of carboxylic acid groups (broad SMARTS) is 1. The third-order valence-electron chi connectivity index (χ3n) is 1.82. The van der Waals surface area contributed by atoms with Crippen LogP contribution in [0.3, 0.4) is 0 Å². The van der Waals surface area contributed by atoms with Crippen LogP contribution >= 0.6 is 0 Å². The molecule has 3 nitrogen and oxygen atoms in total. The van der Waals surface area contributed by atoms with Crippen LogP contribution in [0.5, 0.6) is 0 Å². The maximum atomic E-state index is 8.49. The van der Waals surface area contributed by atoms with Gasteiger partial charge in [-0.05, 0) is 19.3 Å². The fraction of sp³-hybridized carbons (Fsp3) is 0.727.